The van der Waals surface area contributed by atoms with Crippen molar-refractivity contribution in [1.29, 1.82) is 0 Å². The van der Waals surface area contributed by atoms with Crippen LogP contribution in [0.25, 0.3) is 0 Å². The van der Waals surface area contributed by atoms with E-state index in [4.69, 9.17) is 10.0 Å². The number of nitro groups is 1. The van der Waals surface area contributed by atoms with Crippen LogP contribution in [0.1, 0.15) is 25.3 Å². The van der Waals surface area contributed by atoms with Gasteiger partial charge in [0.05, 0.1) is 15.9 Å². The minimum Gasteiger partial charge on any atom is -0.418 e. The molecule has 0 aliphatic rings. The molecule has 9 nitrogen and oxygen atoms in total. The summed E-state index contributed by atoms with van der Waals surface area (Å²) in [6.07, 6.45) is 1.44. The molecule has 0 aliphatic heterocycles. The third-order valence-corrected chi connectivity index (χ3v) is 10.1. The Labute approximate surface area is 137 Å². The van der Waals surface area contributed by atoms with Crippen molar-refractivity contribution in [3.05, 3.63) is 33.9 Å². The van der Waals surface area contributed by atoms with Crippen LogP contribution in [0, 0.1) is 17.0 Å². The third kappa shape index (κ3) is 7.03. The number of hydrogen-bond acceptors (Lipinski definition) is 6. The molecule has 0 aromatic heterocycles. The summed E-state index contributed by atoms with van der Waals surface area (Å²) in [5.74, 6) is -0.256. The normalized spacial score (nSPS) is 16.3. The van der Waals surface area contributed by atoms with Crippen LogP contribution in [-0.4, -0.2) is 16.4 Å². The minimum absolute atomic E-state index is 0.0626. The van der Waals surface area contributed by atoms with Crippen LogP contribution in [0.4, 0.5) is 5.69 Å². The Kier molecular flexibility index (Phi) is 7.26. The van der Waals surface area contributed by atoms with Gasteiger partial charge in [-0.25, -0.2) is 9.65 Å². The maximum Gasteiger partial charge on any atom is 0.384 e. The molecule has 12 heteroatoms. The van der Waals surface area contributed by atoms with Crippen LogP contribution in [0.15, 0.2) is 18.2 Å². The molecule has 0 amide bonds. The lowest BCUT2D eigenvalue weighted by Gasteiger charge is -2.20. The number of rotatable bonds is 9. The minimum atomic E-state index is -4.23. The van der Waals surface area contributed by atoms with E-state index in [9.17, 15) is 24.1 Å². The molecule has 0 fully saturated rings. The fraction of sp³-hybridized carbons (Fsp3) is 0.455. The molecule has 4 N–H and O–H groups in total. The van der Waals surface area contributed by atoms with Crippen molar-refractivity contribution in [3.8, 4) is 5.75 Å². The molecular formula is C11H19N3O6P2S. The standard InChI is InChI=1S/C11H19N3O6P2S/c1-3-4-7-13-22(19,23-21(12,17)18)20-11-6-5-9(2)8-10(11)14(15)16/h5-6,8H,3-4,7H2,1-2H3,(H,13,19)(H3,12,17,18). The van der Waals surface area contributed by atoms with E-state index in [0.29, 0.717) is 12.0 Å². The number of hydrogen-bond donors (Lipinski definition) is 3. The van der Waals surface area contributed by atoms with Crippen LogP contribution < -0.4 is 15.1 Å². The van der Waals surface area contributed by atoms with Gasteiger partial charge < -0.3 is 9.42 Å². The predicted octanol–water partition coefficient (Wildman–Crippen LogP) is 3.57. The highest BCUT2D eigenvalue weighted by molar-refractivity contribution is 8.85. The molecule has 0 saturated heterocycles. The summed E-state index contributed by atoms with van der Waals surface area (Å²) in [7, 11) is 0. The van der Waals surface area contributed by atoms with Crippen LogP contribution in [0.5, 0.6) is 5.75 Å². The van der Waals surface area contributed by atoms with Crippen molar-refractivity contribution < 1.29 is 23.5 Å². The Morgan fingerprint density at radius 3 is 2.65 bits per heavy atom. The first-order valence-corrected chi connectivity index (χ1v) is 12.1. The van der Waals surface area contributed by atoms with Crippen LogP contribution in [-0.2, 0) is 9.13 Å². The van der Waals surface area contributed by atoms with E-state index >= 15 is 0 Å². The fourth-order valence-corrected chi connectivity index (χ4v) is 8.21. The zero-order valence-corrected chi connectivity index (χ0v) is 15.3. The van der Waals surface area contributed by atoms with Gasteiger partial charge in [0.15, 0.2) is 0 Å². The zero-order chi connectivity index (χ0) is 17.7. The Hall–Kier alpha value is -0.890. The summed E-state index contributed by atoms with van der Waals surface area (Å²) in [6, 6.07) is 4.10. The summed E-state index contributed by atoms with van der Waals surface area (Å²) in [6.45, 7) is -4.36. The molecule has 130 valence electrons. The van der Waals surface area contributed by atoms with Gasteiger partial charge in [-0.1, -0.05) is 19.4 Å². The second-order valence-electron chi connectivity index (χ2n) is 4.72. The second-order valence-corrected chi connectivity index (χ2v) is 12.5. The number of nitrogens with one attached hydrogen (secondary N) is 1. The summed E-state index contributed by atoms with van der Waals surface area (Å²) in [4.78, 5) is 19.7. The molecule has 0 spiro atoms. The van der Waals surface area contributed by atoms with Gasteiger partial charge >= 0.3 is 19.1 Å². The van der Waals surface area contributed by atoms with Gasteiger partial charge in [-0.2, -0.15) is 0 Å². The average Bonchev–Trinajstić information content (AvgIpc) is 2.38. The maximum atomic E-state index is 12.7. The van der Waals surface area contributed by atoms with E-state index in [1.807, 2.05) is 6.92 Å². The van der Waals surface area contributed by atoms with Crippen molar-refractivity contribution in [2.45, 2.75) is 26.7 Å². The highest BCUT2D eigenvalue weighted by Crippen LogP contribution is 2.70. The molecule has 2 unspecified atom stereocenters. The molecular weight excluding hydrogens is 364 g/mol. The Morgan fingerprint density at radius 2 is 2.13 bits per heavy atom. The first-order chi connectivity index (χ1) is 10.6. The lowest BCUT2D eigenvalue weighted by molar-refractivity contribution is -0.385. The first kappa shape index (κ1) is 20.2. The van der Waals surface area contributed by atoms with Crippen molar-refractivity contribution in [3.63, 3.8) is 0 Å². The molecule has 2 atom stereocenters. The van der Waals surface area contributed by atoms with Crippen LogP contribution >= 0.6 is 24.4 Å². The lowest BCUT2D eigenvalue weighted by atomic mass is 10.2. The SMILES string of the molecule is CCCCNP(=O)(Oc1ccc(C)cc1[N+](=O)[O-])SP(N)(=O)O. The number of nitrogens with zero attached hydrogens (tertiary/aromatic N) is 1. The number of nitrogens with two attached hydrogens (primary N) is 1. The maximum absolute atomic E-state index is 12.7. The molecule has 1 rings (SSSR count). The number of benzene rings is 1. The Morgan fingerprint density at radius 1 is 1.48 bits per heavy atom. The van der Waals surface area contributed by atoms with Crippen molar-refractivity contribution in [2.24, 2.45) is 5.50 Å². The quantitative estimate of drug-likeness (QED) is 0.252. The zero-order valence-electron chi connectivity index (χ0n) is 12.7. The first-order valence-electron chi connectivity index (χ1n) is 6.69. The molecule has 0 bridgehead atoms. The number of aryl methyl sites for hydroxylation is 1. The van der Waals surface area contributed by atoms with Gasteiger partial charge in [-0.05, 0) is 25.0 Å². The molecule has 1 aromatic carbocycles. The second kappa shape index (κ2) is 8.28. The van der Waals surface area contributed by atoms with Crippen molar-refractivity contribution >= 4 is 30.1 Å². The van der Waals surface area contributed by atoms with Gasteiger partial charge in [0.1, 0.15) is 0 Å². The van der Waals surface area contributed by atoms with Crippen molar-refractivity contribution in [1.82, 2.24) is 5.09 Å². The summed E-state index contributed by atoms with van der Waals surface area (Å²) < 4.78 is 29.3. The lowest BCUT2D eigenvalue weighted by Crippen LogP contribution is -2.14. The van der Waals surface area contributed by atoms with Gasteiger partial charge in [0.2, 0.25) is 5.75 Å². The van der Waals surface area contributed by atoms with E-state index in [-0.39, 0.29) is 29.0 Å². The highest BCUT2D eigenvalue weighted by Gasteiger charge is 2.36. The van der Waals surface area contributed by atoms with Crippen LogP contribution in [0.3, 0.4) is 0 Å². The summed E-state index contributed by atoms with van der Waals surface area (Å²) >= 11 is 0.0626. The largest absolute Gasteiger partial charge is 0.418 e. The van der Waals surface area contributed by atoms with Gasteiger partial charge in [-0.3, -0.25) is 20.2 Å². The van der Waals surface area contributed by atoms with E-state index in [2.05, 4.69) is 5.09 Å². The topological polar surface area (TPSA) is 145 Å². The average molecular weight is 383 g/mol. The Balaban J connectivity index is 3.12. The third-order valence-electron chi connectivity index (χ3n) is 2.59. The molecule has 0 saturated carbocycles. The van der Waals surface area contributed by atoms with E-state index in [0.717, 1.165) is 6.42 Å². The highest BCUT2D eigenvalue weighted by atomic mass is 33.1. The molecule has 23 heavy (non-hydrogen) atoms. The summed E-state index contributed by atoms with van der Waals surface area (Å²) in [5.41, 5.74) is 5.29. The summed E-state index contributed by atoms with van der Waals surface area (Å²) in [5, 5.41) is 13.6. The van der Waals surface area contributed by atoms with Crippen LogP contribution in [0.2, 0.25) is 0 Å². The monoisotopic (exact) mass is 383 g/mol. The van der Waals surface area contributed by atoms with Gasteiger partial charge in [-0.15, -0.1) is 0 Å². The van der Waals surface area contributed by atoms with E-state index < -0.39 is 18.4 Å². The molecule has 0 heterocycles. The van der Waals surface area contributed by atoms with E-state index in [1.165, 1.54) is 12.1 Å². The van der Waals surface area contributed by atoms with E-state index in [1.54, 1.807) is 13.0 Å². The molecule has 0 radical (unpaired) electrons. The molecule has 1 aromatic rings. The number of nitro benzene ring substituents is 1. The fourth-order valence-electron chi connectivity index (χ4n) is 1.60. The molecule has 0 aliphatic carbocycles. The number of unbranched alkanes of at least 4 members (excludes halogenated alkanes) is 1. The Bertz CT molecular complexity index is 665. The smallest absolute Gasteiger partial charge is 0.384 e. The van der Waals surface area contributed by atoms with Gasteiger partial charge in [0.25, 0.3) is 0 Å². The predicted molar refractivity (Wildman–Crippen MR) is 90.6 cm³/mol. The van der Waals surface area contributed by atoms with Gasteiger partial charge in [0, 0.05) is 12.6 Å². The van der Waals surface area contributed by atoms with Crippen molar-refractivity contribution in [2.75, 3.05) is 6.54 Å².